The van der Waals surface area contributed by atoms with Crippen LogP contribution < -0.4 is 21.9 Å². The van der Waals surface area contributed by atoms with Gasteiger partial charge in [-0.3, -0.25) is 14.2 Å². The number of aryl methyl sites for hydroxylation is 2. The van der Waals surface area contributed by atoms with Gasteiger partial charge in [-0.15, -0.1) is 24.8 Å². The molecule has 0 unspecified atom stereocenters. The molecule has 0 fully saturated rings. The summed E-state index contributed by atoms with van der Waals surface area (Å²) in [5.74, 6) is 0.272. The minimum absolute atomic E-state index is 0. The largest absolute Gasteiger partial charge is 0.384 e. The van der Waals surface area contributed by atoms with Crippen molar-refractivity contribution in [1.29, 1.82) is 0 Å². The Labute approximate surface area is 204 Å². The number of nitrogen functional groups attached to an aromatic ring is 1. The molecule has 1 aliphatic heterocycles. The highest BCUT2D eigenvalue weighted by Crippen LogP contribution is 2.24. The Morgan fingerprint density at radius 3 is 2.58 bits per heavy atom. The highest BCUT2D eigenvalue weighted by atomic mass is 35.5. The minimum Gasteiger partial charge on any atom is -0.384 e. The zero-order valence-corrected chi connectivity index (χ0v) is 19.9. The van der Waals surface area contributed by atoms with Gasteiger partial charge in [0.15, 0.2) is 5.82 Å². The fraction of sp³-hybridized carbons (Fsp3) is 0.304. The van der Waals surface area contributed by atoms with Crippen LogP contribution in [0.5, 0.6) is 0 Å². The van der Waals surface area contributed by atoms with Crippen molar-refractivity contribution in [2.24, 2.45) is 5.73 Å². The van der Waals surface area contributed by atoms with Crippen molar-refractivity contribution in [3.8, 4) is 0 Å². The van der Waals surface area contributed by atoms with Crippen molar-refractivity contribution >= 4 is 42.4 Å². The highest BCUT2D eigenvalue weighted by molar-refractivity contribution is 5.85. The van der Waals surface area contributed by atoms with Crippen molar-refractivity contribution < 1.29 is 4.79 Å². The van der Waals surface area contributed by atoms with Crippen LogP contribution in [-0.4, -0.2) is 27.0 Å². The zero-order chi connectivity index (χ0) is 22.0. The van der Waals surface area contributed by atoms with Gasteiger partial charge in [-0.1, -0.05) is 36.4 Å². The van der Waals surface area contributed by atoms with E-state index in [0.29, 0.717) is 37.6 Å². The van der Waals surface area contributed by atoms with Gasteiger partial charge < -0.3 is 16.4 Å². The Morgan fingerprint density at radius 2 is 1.91 bits per heavy atom. The average molecular weight is 491 g/mol. The Hall–Kier alpha value is -3.10. The van der Waals surface area contributed by atoms with E-state index in [4.69, 9.17) is 11.5 Å². The topological polar surface area (TPSA) is 120 Å². The molecule has 0 radical (unpaired) electrons. The molecule has 0 saturated heterocycles. The van der Waals surface area contributed by atoms with E-state index in [0.717, 1.165) is 28.9 Å². The first-order valence-corrected chi connectivity index (χ1v) is 10.3. The first kappa shape index (κ1) is 26.2. The summed E-state index contributed by atoms with van der Waals surface area (Å²) in [6, 6.07) is 13.1. The van der Waals surface area contributed by atoms with E-state index in [-0.39, 0.29) is 30.4 Å². The third-order valence-electron chi connectivity index (χ3n) is 5.76. The van der Waals surface area contributed by atoms with Crippen LogP contribution in [0.2, 0.25) is 0 Å². The van der Waals surface area contributed by atoms with Crippen molar-refractivity contribution in [2.45, 2.75) is 38.8 Å². The molecule has 0 saturated carbocycles. The van der Waals surface area contributed by atoms with Gasteiger partial charge in [-0.25, -0.2) is 9.97 Å². The Bertz CT molecular complexity index is 1170. The number of anilines is 2. The summed E-state index contributed by atoms with van der Waals surface area (Å²) in [7, 11) is 0. The molecule has 1 aliphatic rings. The molecule has 3 heterocycles. The fourth-order valence-corrected chi connectivity index (χ4v) is 4.07. The van der Waals surface area contributed by atoms with Crippen LogP contribution in [0.3, 0.4) is 0 Å². The second kappa shape index (κ2) is 11.2. The summed E-state index contributed by atoms with van der Waals surface area (Å²) in [4.78, 5) is 36.0. The molecule has 4 rings (SSSR count). The molecule has 0 bridgehead atoms. The number of aromatic nitrogens is 3. The van der Waals surface area contributed by atoms with Crippen LogP contribution in [0.1, 0.15) is 35.0 Å². The molecule has 1 aromatic carbocycles. The van der Waals surface area contributed by atoms with Crippen molar-refractivity contribution in [3.05, 3.63) is 81.5 Å². The van der Waals surface area contributed by atoms with Gasteiger partial charge in [-0.05, 0) is 43.4 Å². The molecular weight excluding hydrogens is 463 g/mol. The molecule has 0 spiro atoms. The SMILES string of the molecule is Cc1nc(N)ccc1CN(CCc1ccccc1)c1ncc2n(c1=O)[C@H](C(N)=O)CC2.Cl.Cl. The van der Waals surface area contributed by atoms with E-state index < -0.39 is 11.9 Å². The summed E-state index contributed by atoms with van der Waals surface area (Å²) in [6.07, 6.45) is 3.57. The van der Waals surface area contributed by atoms with E-state index >= 15 is 0 Å². The smallest absolute Gasteiger partial charge is 0.294 e. The zero-order valence-electron chi connectivity index (χ0n) is 18.3. The molecular formula is C23H28Cl2N6O2. The summed E-state index contributed by atoms with van der Waals surface area (Å²) in [5, 5.41) is 0. The molecule has 2 aromatic heterocycles. The lowest BCUT2D eigenvalue weighted by Gasteiger charge is -2.25. The molecule has 3 aromatic rings. The lowest BCUT2D eigenvalue weighted by molar-refractivity contribution is -0.121. The monoisotopic (exact) mass is 490 g/mol. The number of pyridine rings is 1. The first-order chi connectivity index (χ1) is 14.9. The molecule has 1 amide bonds. The van der Waals surface area contributed by atoms with Crippen LogP contribution in [0.4, 0.5) is 11.6 Å². The number of nitrogens with zero attached hydrogens (tertiary/aromatic N) is 4. The van der Waals surface area contributed by atoms with Crippen LogP contribution in [0.15, 0.2) is 53.5 Å². The van der Waals surface area contributed by atoms with Crippen LogP contribution in [-0.2, 0) is 24.2 Å². The Kier molecular flexibility index (Phi) is 8.84. The Balaban J connectivity index is 0.00000193. The maximum atomic E-state index is 13.4. The molecule has 8 nitrogen and oxygen atoms in total. The number of carbonyl (C=O) groups is 1. The summed E-state index contributed by atoms with van der Waals surface area (Å²) < 4.78 is 1.51. The van der Waals surface area contributed by atoms with E-state index in [9.17, 15) is 9.59 Å². The van der Waals surface area contributed by atoms with E-state index in [1.54, 1.807) is 12.3 Å². The molecule has 176 valence electrons. The van der Waals surface area contributed by atoms with Crippen molar-refractivity contribution in [1.82, 2.24) is 14.5 Å². The molecule has 4 N–H and O–H groups in total. The second-order valence-corrected chi connectivity index (χ2v) is 7.84. The number of rotatable bonds is 7. The number of benzene rings is 1. The maximum Gasteiger partial charge on any atom is 0.294 e. The molecule has 0 aliphatic carbocycles. The average Bonchev–Trinajstić information content (AvgIpc) is 3.19. The van der Waals surface area contributed by atoms with Crippen LogP contribution in [0, 0.1) is 6.92 Å². The minimum atomic E-state index is -0.625. The third-order valence-corrected chi connectivity index (χ3v) is 5.76. The Morgan fingerprint density at radius 1 is 1.18 bits per heavy atom. The number of hydrogen-bond donors (Lipinski definition) is 2. The number of hydrogen-bond acceptors (Lipinski definition) is 6. The van der Waals surface area contributed by atoms with Gasteiger partial charge in [0.1, 0.15) is 11.9 Å². The van der Waals surface area contributed by atoms with Gasteiger partial charge in [0.2, 0.25) is 5.91 Å². The summed E-state index contributed by atoms with van der Waals surface area (Å²) in [6.45, 7) is 2.93. The van der Waals surface area contributed by atoms with Gasteiger partial charge in [0.05, 0.1) is 0 Å². The van der Waals surface area contributed by atoms with Gasteiger partial charge in [0, 0.05) is 30.7 Å². The fourth-order valence-electron chi connectivity index (χ4n) is 4.07. The van der Waals surface area contributed by atoms with E-state index in [2.05, 4.69) is 22.1 Å². The van der Waals surface area contributed by atoms with Crippen LogP contribution in [0.25, 0.3) is 0 Å². The predicted octanol–water partition coefficient (Wildman–Crippen LogP) is 2.59. The summed E-state index contributed by atoms with van der Waals surface area (Å²) in [5.41, 5.74) is 14.7. The molecule has 33 heavy (non-hydrogen) atoms. The first-order valence-electron chi connectivity index (χ1n) is 10.3. The number of primary amides is 1. The van der Waals surface area contributed by atoms with Gasteiger partial charge in [0.25, 0.3) is 5.56 Å². The number of nitrogens with two attached hydrogens (primary N) is 2. The van der Waals surface area contributed by atoms with Crippen molar-refractivity contribution in [2.75, 3.05) is 17.2 Å². The van der Waals surface area contributed by atoms with E-state index in [1.165, 1.54) is 4.57 Å². The van der Waals surface area contributed by atoms with Crippen molar-refractivity contribution in [3.63, 3.8) is 0 Å². The number of carbonyl (C=O) groups excluding carboxylic acids is 1. The quantitative estimate of drug-likeness (QED) is 0.524. The van der Waals surface area contributed by atoms with E-state index in [1.807, 2.05) is 36.1 Å². The molecule has 1 atom stereocenters. The maximum absolute atomic E-state index is 13.4. The lowest BCUT2D eigenvalue weighted by atomic mass is 10.1. The molecule has 10 heteroatoms. The third kappa shape index (κ3) is 5.64. The van der Waals surface area contributed by atoms with Crippen LogP contribution >= 0.6 is 24.8 Å². The standard InChI is InChI=1S/C23H26N6O2.2ClH/c1-15-17(7-10-20(24)27-15)14-28(12-11-16-5-3-2-4-6-16)22-23(31)29-18(13-26-22)8-9-19(29)21(25)30;;/h2-7,10,13,19H,8-9,11-12,14H2,1H3,(H2,24,27)(H2,25,30);2*1H/t19-;;/m0../s1. The lowest BCUT2D eigenvalue weighted by Crippen LogP contribution is -2.38. The number of amides is 1. The van der Waals surface area contributed by atoms with Gasteiger partial charge >= 0.3 is 0 Å². The number of halogens is 2. The normalized spacial score (nSPS) is 14.0. The predicted molar refractivity (Wildman–Crippen MR) is 134 cm³/mol. The second-order valence-electron chi connectivity index (χ2n) is 7.84. The highest BCUT2D eigenvalue weighted by Gasteiger charge is 2.30. The number of fused-ring (bicyclic) bond motifs is 1. The van der Waals surface area contributed by atoms with Gasteiger partial charge in [-0.2, -0.15) is 0 Å². The summed E-state index contributed by atoms with van der Waals surface area (Å²) >= 11 is 0.